The van der Waals surface area contributed by atoms with Crippen LogP contribution in [0.3, 0.4) is 0 Å². The Hall–Kier alpha value is -3.47. The van der Waals surface area contributed by atoms with Gasteiger partial charge < -0.3 is 9.73 Å². The molecule has 28 heavy (non-hydrogen) atoms. The van der Waals surface area contributed by atoms with Crippen LogP contribution in [0.2, 0.25) is 0 Å². The predicted molar refractivity (Wildman–Crippen MR) is 105 cm³/mol. The zero-order valence-corrected chi connectivity index (χ0v) is 15.1. The van der Waals surface area contributed by atoms with Crippen LogP contribution in [0.1, 0.15) is 11.1 Å². The third-order valence-electron chi connectivity index (χ3n) is 4.57. The smallest absolute Gasteiger partial charge is 0.229 e. The van der Waals surface area contributed by atoms with Gasteiger partial charge in [0.15, 0.2) is 0 Å². The Bertz CT molecular complexity index is 1170. The lowest BCUT2D eigenvalue weighted by Gasteiger charge is -2.13. The van der Waals surface area contributed by atoms with Crippen molar-refractivity contribution >= 4 is 22.6 Å². The maximum absolute atomic E-state index is 14.5. The highest BCUT2D eigenvalue weighted by Gasteiger charge is 2.17. The van der Waals surface area contributed by atoms with E-state index in [1.54, 1.807) is 24.3 Å². The highest BCUT2D eigenvalue weighted by molar-refractivity contribution is 5.98. The number of nitrogens with one attached hydrogen (secondary N) is 1. The summed E-state index contributed by atoms with van der Waals surface area (Å²) in [5.41, 5.74) is 3.32. The van der Waals surface area contributed by atoms with Crippen molar-refractivity contribution in [1.29, 1.82) is 0 Å². The van der Waals surface area contributed by atoms with Crippen LogP contribution < -0.4 is 5.32 Å². The lowest BCUT2D eigenvalue weighted by molar-refractivity contribution is -0.115. The number of benzene rings is 3. The molecule has 4 rings (SSSR count). The average Bonchev–Trinajstić information content (AvgIpc) is 3.06. The third kappa shape index (κ3) is 3.51. The molecule has 4 aromatic rings. The molecular formula is C23H17F2NO2. The van der Waals surface area contributed by atoms with Crippen molar-refractivity contribution in [3.8, 4) is 11.1 Å². The molecule has 1 N–H and O–H groups in total. The molecule has 0 fully saturated rings. The summed E-state index contributed by atoms with van der Waals surface area (Å²) in [4.78, 5) is 12.6. The van der Waals surface area contributed by atoms with Crippen LogP contribution in [0.5, 0.6) is 0 Å². The Morgan fingerprint density at radius 3 is 2.61 bits per heavy atom. The van der Waals surface area contributed by atoms with E-state index >= 15 is 0 Å². The fraction of sp³-hybridized carbons (Fsp3) is 0.0870. The molecule has 1 amide bonds. The zero-order chi connectivity index (χ0) is 19.7. The summed E-state index contributed by atoms with van der Waals surface area (Å²) in [5.74, 6) is -1.93. The summed E-state index contributed by atoms with van der Waals surface area (Å²) in [6.07, 6.45) is 1.55. The van der Waals surface area contributed by atoms with Crippen molar-refractivity contribution in [3.05, 3.63) is 89.7 Å². The van der Waals surface area contributed by atoms with E-state index in [0.717, 1.165) is 17.0 Å². The summed E-state index contributed by atoms with van der Waals surface area (Å²) in [6.45, 7) is 1.96. The second-order valence-electron chi connectivity index (χ2n) is 6.66. The number of anilines is 1. The van der Waals surface area contributed by atoms with Crippen LogP contribution >= 0.6 is 0 Å². The third-order valence-corrected chi connectivity index (χ3v) is 4.57. The van der Waals surface area contributed by atoms with Crippen molar-refractivity contribution in [2.75, 3.05) is 5.32 Å². The van der Waals surface area contributed by atoms with Crippen molar-refractivity contribution in [2.24, 2.45) is 0 Å². The molecule has 0 aliphatic heterocycles. The van der Waals surface area contributed by atoms with Gasteiger partial charge in [-0.3, -0.25) is 4.79 Å². The molecule has 0 saturated heterocycles. The summed E-state index contributed by atoms with van der Waals surface area (Å²) >= 11 is 0. The molecule has 0 atom stereocenters. The highest BCUT2D eigenvalue weighted by atomic mass is 19.1. The van der Waals surface area contributed by atoms with Gasteiger partial charge in [0, 0.05) is 22.6 Å². The Kier molecular flexibility index (Phi) is 4.65. The van der Waals surface area contributed by atoms with E-state index in [1.807, 2.05) is 31.2 Å². The topological polar surface area (TPSA) is 42.2 Å². The molecule has 1 aromatic heterocycles. The second kappa shape index (κ2) is 7.27. The summed E-state index contributed by atoms with van der Waals surface area (Å²) in [7, 11) is 0. The minimum Gasteiger partial charge on any atom is -0.464 e. The SMILES string of the molecule is Cc1ccc2c(CC(=O)Nc3c(F)cc(F)cc3-c3ccccc3)coc2c1. The first-order valence-corrected chi connectivity index (χ1v) is 8.82. The molecule has 5 heteroatoms. The summed E-state index contributed by atoms with van der Waals surface area (Å²) < 4.78 is 33.7. The second-order valence-corrected chi connectivity index (χ2v) is 6.66. The van der Waals surface area contributed by atoms with Gasteiger partial charge in [0.25, 0.3) is 0 Å². The van der Waals surface area contributed by atoms with Crippen LogP contribution in [-0.4, -0.2) is 5.91 Å². The fourth-order valence-corrected chi connectivity index (χ4v) is 3.23. The van der Waals surface area contributed by atoms with Gasteiger partial charge in [0.2, 0.25) is 5.91 Å². The monoisotopic (exact) mass is 377 g/mol. The maximum Gasteiger partial charge on any atom is 0.229 e. The van der Waals surface area contributed by atoms with E-state index in [-0.39, 0.29) is 12.1 Å². The van der Waals surface area contributed by atoms with Gasteiger partial charge in [0.1, 0.15) is 17.2 Å². The first-order chi connectivity index (χ1) is 13.5. The molecule has 0 unspecified atom stereocenters. The predicted octanol–water partition coefficient (Wildman–Crippen LogP) is 5.87. The Morgan fingerprint density at radius 1 is 1.04 bits per heavy atom. The van der Waals surface area contributed by atoms with Crippen molar-refractivity contribution in [1.82, 2.24) is 0 Å². The molecular weight excluding hydrogens is 360 g/mol. The van der Waals surface area contributed by atoms with Crippen LogP contribution in [0.25, 0.3) is 22.1 Å². The van der Waals surface area contributed by atoms with Crippen LogP contribution in [0.15, 0.2) is 71.3 Å². The number of aryl methyl sites for hydroxylation is 1. The maximum atomic E-state index is 14.5. The van der Waals surface area contributed by atoms with E-state index in [1.165, 1.54) is 12.3 Å². The molecule has 0 spiro atoms. The molecule has 0 bridgehead atoms. The van der Waals surface area contributed by atoms with Gasteiger partial charge in [-0.05, 0) is 30.2 Å². The van der Waals surface area contributed by atoms with Gasteiger partial charge in [-0.15, -0.1) is 0 Å². The summed E-state index contributed by atoms with van der Waals surface area (Å²) in [5, 5.41) is 3.43. The summed E-state index contributed by atoms with van der Waals surface area (Å²) in [6, 6.07) is 16.5. The first-order valence-electron chi connectivity index (χ1n) is 8.82. The Balaban J connectivity index is 1.64. The van der Waals surface area contributed by atoms with Crippen molar-refractivity contribution < 1.29 is 18.0 Å². The van der Waals surface area contributed by atoms with E-state index in [9.17, 15) is 13.6 Å². The molecule has 0 saturated carbocycles. The lowest BCUT2D eigenvalue weighted by Crippen LogP contribution is -2.16. The van der Waals surface area contributed by atoms with Gasteiger partial charge >= 0.3 is 0 Å². The molecule has 0 aliphatic carbocycles. The van der Waals surface area contributed by atoms with Crippen LogP contribution in [0, 0.1) is 18.6 Å². The van der Waals surface area contributed by atoms with Crippen LogP contribution in [-0.2, 0) is 11.2 Å². The molecule has 140 valence electrons. The van der Waals surface area contributed by atoms with E-state index < -0.39 is 17.5 Å². The molecule has 0 aliphatic rings. The normalized spacial score (nSPS) is 11.0. The molecule has 3 aromatic carbocycles. The zero-order valence-electron chi connectivity index (χ0n) is 15.1. The lowest BCUT2D eigenvalue weighted by atomic mass is 10.0. The number of hydrogen-bond acceptors (Lipinski definition) is 2. The Morgan fingerprint density at radius 2 is 1.82 bits per heavy atom. The van der Waals surface area contributed by atoms with Crippen LogP contribution in [0.4, 0.5) is 14.5 Å². The van der Waals surface area contributed by atoms with Gasteiger partial charge in [-0.2, -0.15) is 0 Å². The number of furan rings is 1. The van der Waals surface area contributed by atoms with Gasteiger partial charge in [-0.25, -0.2) is 8.78 Å². The van der Waals surface area contributed by atoms with Crippen molar-refractivity contribution in [2.45, 2.75) is 13.3 Å². The van der Waals surface area contributed by atoms with E-state index in [0.29, 0.717) is 22.3 Å². The minimum atomic E-state index is -0.820. The fourth-order valence-electron chi connectivity index (χ4n) is 3.23. The quantitative estimate of drug-likeness (QED) is 0.483. The molecule has 0 radical (unpaired) electrons. The van der Waals surface area contributed by atoms with E-state index in [2.05, 4.69) is 5.32 Å². The van der Waals surface area contributed by atoms with Gasteiger partial charge in [0.05, 0.1) is 18.4 Å². The average molecular weight is 377 g/mol. The largest absolute Gasteiger partial charge is 0.464 e. The Labute approximate surface area is 160 Å². The molecule has 3 nitrogen and oxygen atoms in total. The number of carbonyl (C=O) groups excluding carboxylic acids is 1. The number of rotatable bonds is 4. The number of amides is 1. The number of fused-ring (bicyclic) bond motifs is 1. The standard InChI is InChI=1S/C23H17F2NO2/c1-14-7-8-18-16(13-28-21(18)9-14)10-22(27)26-23-19(11-17(24)12-20(23)25)15-5-3-2-4-6-15/h2-9,11-13H,10H2,1H3,(H,26,27). The number of halogens is 2. The molecule has 1 heterocycles. The van der Waals surface area contributed by atoms with E-state index in [4.69, 9.17) is 4.42 Å². The first kappa shape index (κ1) is 17.9. The van der Waals surface area contributed by atoms with Gasteiger partial charge in [-0.1, -0.05) is 42.5 Å². The van der Waals surface area contributed by atoms with Crippen molar-refractivity contribution in [3.63, 3.8) is 0 Å². The number of hydrogen-bond donors (Lipinski definition) is 1. The highest BCUT2D eigenvalue weighted by Crippen LogP contribution is 2.32. The number of carbonyl (C=O) groups is 1. The minimum absolute atomic E-state index is 0.0150.